The Balaban J connectivity index is 1.33. The first-order valence-corrected chi connectivity index (χ1v) is 14.9. The molecule has 0 radical (unpaired) electrons. The normalized spacial score (nSPS) is 23.9. The zero-order valence-corrected chi connectivity index (χ0v) is 22.8. The molecule has 2 heterocycles. The number of carbonyl (C=O) groups excluding carboxylic acids is 1. The molecule has 1 aromatic heterocycles. The summed E-state index contributed by atoms with van der Waals surface area (Å²) in [5, 5.41) is 24.9. The predicted molar refractivity (Wildman–Crippen MR) is 139 cm³/mol. The highest BCUT2D eigenvalue weighted by atomic mass is 31.3. The molecule has 4 rings (SSSR count). The molecule has 0 bridgehead atoms. The Morgan fingerprint density at radius 1 is 1.05 bits per heavy atom. The van der Waals surface area contributed by atoms with Crippen molar-refractivity contribution in [2.24, 2.45) is 0 Å². The SMILES string of the molecule is CCC(=O)Nc1ccn([C@@H]2O[C@H](COP(=O)(O)OP(=O)(O)OCc3ccc4ccccc4c3)C(O)[C@@H]2O)c(=O)n1. The quantitative estimate of drug-likeness (QED) is 0.199. The zero-order chi connectivity index (χ0) is 29.1. The van der Waals surface area contributed by atoms with E-state index in [9.17, 15) is 38.7 Å². The lowest BCUT2D eigenvalue weighted by atomic mass is 10.1. The van der Waals surface area contributed by atoms with Crippen LogP contribution in [0.3, 0.4) is 0 Å². The second-order valence-electron chi connectivity index (χ2n) is 8.72. The van der Waals surface area contributed by atoms with Crippen LogP contribution in [0.1, 0.15) is 25.1 Å². The number of carbonyl (C=O) groups is 1. The smallest absolute Gasteiger partial charge is 0.387 e. The summed E-state index contributed by atoms with van der Waals surface area (Å²) >= 11 is 0. The number of phosphoric acid groups is 2. The molecule has 15 nitrogen and oxygen atoms in total. The molecule has 3 aromatic rings. The Morgan fingerprint density at radius 3 is 2.45 bits per heavy atom. The molecule has 1 fully saturated rings. The maximum Gasteiger partial charge on any atom is 0.481 e. The molecule has 5 N–H and O–H groups in total. The molecule has 1 aliphatic heterocycles. The monoisotopic (exact) mass is 599 g/mol. The van der Waals surface area contributed by atoms with E-state index in [1.807, 2.05) is 24.3 Å². The first-order valence-electron chi connectivity index (χ1n) is 11.9. The topological polar surface area (TPSA) is 216 Å². The van der Waals surface area contributed by atoms with E-state index in [1.54, 1.807) is 25.1 Å². The minimum Gasteiger partial charge on any atom is -0.387 e. The number of benzene rings is 2. The molecule has 0 spiro atoms. The van der Waals surface area contributed by atoms with Crippen molar-refractivity contribution in [3.05, 3.63) is 70.8 Å². The van der Waals surface area contributed by atoms with Gasteiger partial charge in [-0.15, -0.1) is 0 Å². The maximum atomic E-state index is 12.4. The van der Waals surface area contributed by atoms with Gasteiger partial charge in [0.25, 0.3) is 0 Å². The summed E-state index contributed by atoms with van der Waals surface area (Å²) in [6.07, 6.45) is -4.97. The third-order valence-corrected chi connectivity index (χ3v) is 8.43. The highest BCUT2D eigenvalue weighted by Gasteiger charge is 2.46. The molecule has 1 saturated heterocycles. The molecule has 40 heavy (non-hydrogen) atoms. The summed E-state index contributed by atoms with van der Waals surface area (Å²) < 4.78 is 44.7. The fourth-order valence-corrected chi connectivity index (χ4v) is 5.90. The van der Waals surface area contributed by atoms with Crippen LogP contribution in [0.4, 0.5) is 5.82 Å². The van der Waals surface area contributed by atoms with Gasteiger partial charge < -0.3 is 30.1 Å². The maximum absolute atomic E-state index is 12.4. The molecule has 0 aliphatic carbocycles. The van der Waals surface area contributed by atoms with Crippen molar-refractivity contribution in [2.75, 3.05) is 11.9 Å². The molecule has 3 unspecified atom stereocenters. The number of nitrogens with one attached hydrogen (secondary N) is 1. The fourth-order valence-electron chi connectivity index (χ4n) is 3.83. The minimum absolute atomic E-state index is 0.0318. The van der Waals surface area contributed by atoms with E-state index in [4.69, 9.17) is 13.8 Å². The average Bonchev–Trinajstić information content (AvgIpc) is 3.19. The van der Waals surface area contributed by atoms with Crippen molar-refractivity contribution in [1.82, 2.24) is 9.55 Å². The number of aliphatic hydroxyl groups excluding tert-OH is 2. The Hall–Kier alpha value is -2.81. The minimum atomic E-state index is -5.23. The van der Waals surface area contributed by atoms with Crippen molar-refractivity contribution < 1.29 is 52.0 Å². The predicted octanol–water partition coefficient (Wildman–Crippen LogP) is 1.81. The third-order valence-electron chi connectivity index (χ3n) is 5.85. The van der Waals surface area contributed by atoms with E-state index in [0.717, 1.165) is 15.3 Å². The number of rotatable bonds is 11. The van der Waals surface area contributed by atoms with E-state index in [2.05, 4.69) is 14.6 Å². The van der Waals surface area contributed by atoms with Gasteiger partial charge in [0.1, 0.15) is 24.1 Å². The third kappa shape index (κ3) is 7.47. The van der Waals surface area contributed by atoms with Gasteiger partial charge in [-0.05, 0) is 28.5 Å². The lowest BCUT2D eigenvalue weighted by molar-refractivity contribution is -0.115. The Bertz CT molecular complexity index is 1530. The highest BCUT2D eigenvalue weighted by molar-refractivity contribution is 7.61. The van der Waals surface area contributed by atoms with Gasteiger partial charge in [0.2, 0.25) is 5.91 Å². The summed E-state index contributed by atoms with van der Waals surface area (Å²) in [5.74, 6) is -0.410. The highest BCUT2D eigenvalue weighted by Crippen LogP contribution is 2.60. The van der Waals surface area contributed by atoms with E-state index < -0.39 is 59.1 Å². The Kier molecular flexibility index (Phi) is 9.33. The fraction of sp³-hybridized carbons (Fsp3) is 0.348. The number of amides is 1. The number of phosphoric ester groups is 2. The zero-order valence-electron chi connectivity index (χ0n) is 21.0. The number of hydrogen-bond donors (Lipinski definition) is 5. The second kappa shape index (κ2) is 12.4. The van der Waals surface area contributed by atoms with Crippen LogP contribution >= 0.6 is 15.6 Å². The van der Waals surface area contributed by atoms with Crippen LogP contribution < -0.4 is 11.0 Å². The molecule has 216 valence electrons. The van der Waals surface area contributed by atoms with Crippen molar-refractivity contribution in [3.8, 4) is 0 Å². The largest absolute Gasteiger partial charge is 0.481 e. The lowest BCUT2D eigenvalue weighted by Crippen LogP contribution is -2.36. The standard InChI is InChI=1S/C23H27N3O12P2/c1-2-19(27)24-18-9-10-26(23(30)25-18)22-21(29)20(28)17(37-22)13-36-40(33,34)38-39(31,32)35-12-14-7-8-15-5-3-4-6-16(15)11-14/h3-11,17,20-22,28-29H,2,12-13H2,1H3,(H,31,32)(H,33,34)(H,24,25,27,30)/t17-,20?,21+,22-/m1/s1. The summed E-state index contributed by atoms with van der Waals surface area (Å²) in [6, 6.07) is 13.8. The van der Waals surface area contributed by atoms with Crippen LogP contribution in [0, 0.1) is 0 Å². The molecule has 2 aromatic carbocycles. The second-order valence-corrected chi connectivity index (χ2v) is 11.8. The van der Waals surface area contributed by atoms with Gasteiger partial charge in [-0.1, -0.05) is 43.3 Å². The van der Waals surface area contributed by atoms with Crippen LogP contribution in [0.15, 0.2) is 59.5 Å². The van der Waals surface area contributed by atoms with Crippen molar-refractivity contribution in [2.45, 2.75) is 44.5 Å². The van der Waals surface area contributed by atoms with E-state index in [-0.39, 0.29) is 18.1 Å². The van der Waals surface area contributed by atoms with Gasteiger partial charge in [-0.3, -0.25) is 18.4 Å². The number of aliphatic hydroxyl groups is 2. The van der Waals surface area contributed by atoms with Crippen molar-refractivity contribution >= 4 is 38.1 Å². The van der Waals surface area contributed by atoms with Crippen LogP contribution in [0.25, 0.3) is 10.8 Å². The molecule has 1 aliphatic rings. The van der Waals surface area contributed by atoms with E-state index >= 15 is 0 Å². The van der Waals surface area contributed by atoms with E-state index in [0.29, 0.717) is 5.56 Å². The van der Waals surface area contributed by atoms with Crippen molar-refractivity contribution in [3.63, 3.8) is 0 Å². The Morgan fingerprint density at radius 2 is 1.75 bits per heavy atom. The van der Waals surface area contributed by atoms with Gasteiger partial charge in [0.05, 0.1) is 13.2 Å². The Labute approximate surface area is 227 Å². The molecule has 1 amide bonds. The number of aromatic nitrogens is 2. The van der Waals surface area contributed by atoms with Gasteiger partial charge in [0.15, 0.2) is 6.23 Å². The van der Waals surface area contributed by atoms with Crippen LogP contribution in [-0.2, 0) is 38.6 Å². The van der Waals surface area contributed by atoms with Crippen LogP contribution in [0.5, 0.6) is 0 Å². The first-order chi connectivity index (χ1) is 18.9. The number of ether oxygens (including phenoxy) is 1. The lowest BCUT2D eigenvalue weighted by Gasteiger charge is -2.19. The summed E-state index contributed by atoms with van der Waals surface area (Å²) in [4.78, 5) is 47.4. The van der Waals surface area contributed by atoms with E-state index in [1.165, 1.54) is 12.3 Å². The van der Waals surface area contributed by atoms with Crippen LogP contribution in [0.2, 0.25) is 0 Å². The van der Waals surface area contributed by atoms with Gasteiger partial charge in [0, 0.05) is 12.6 Å². The average molecular weight is 599 g/mol. The van der Waals surface area contributed by atoms with Gasteiger partial charge >= 0.3 is 21.3 Å². The number of hydrogen-bond acceptors (Lipinski definition) is 11. The van der Waals surface area contributed by atoms with Crippen molar-refractivity contribution in [1.29, 1.82) is 0 Å². The number of fused-ring (bicyclic) bond motifs is 1. The molecular weight excluding hydrogens is 572 g/mol. The molecular formula is C23H27N3O12P2. The van der Waals surface area contributed by atoms with Gasteiger partial charge in [-0.2, -0.15) is 9.29 Å². The number of anilines is 1. The molecule has 6 atom stereocenters. The molecule has 0 saturated carbocycles. The summed E-state index contributed by atoms with van der Waals surface area (Å²) in [7, 11) is -10.3. The first kappa shape index (κ1) is 30.2. The number of nitrogens with zero attached hydrogens (tertiary/aromatic N) is 2. The van der Waals surface area contributed by atoms with Crippen LogP contribution in [-0.4, -0.2) is 60.4 Å². The van der Waals surface area contributed by atoms with Gasteiger partial charge in [-0.25, -0.2) is 13.9 Å². The summed E-state index contributed by atoms with van der Waals surface area (Å²) in [6.45, 7) is 0.318. The molecule has 17 heteroatoms. The summed E-state index contributed by atoms with van der Waals surface area (Å²) in [5.41, 5.74) is -0.425.